The molecule has 0 heterocycles. The minimum atomic E-state index is -0.863. The fourth-order valence-corrected chi connectivity index (χ4v) is 3.84. The summed E-state index contributed by atoms with van der Waals surface area (Å²) in [6, 6.07) is 7.41. The number of fused-ring (bicyclic) bond motifs is 2. The molecule has 2 atom stereocenters. The Morgan fingerprint density at radius 2 is 2.07 bits per heavy atom. The second kappa shape index (κ2) is 8.19. The number of benzene rings is 1. The number of rotatable bonds is 7. The minimum absolute atomic E-state index is 0.0211. The Morgan fingerprint density at radius 3 is 2.86 bits per heavy atom. The second-order valence-corrected chi connectivity index (χ2v) is 7.37. The monoisotopic (exact) mass is 383 g/mol. The van der Waals surface area contributed by atoms with Gasteiger partial charge in [-0.1, -0.05) is 36.4 Å². The fraction of sp³-hybridized carbons (Fsp3) is 0.455. The molecular formula is C22H25NO5. The Labute approximate surface area is 164 Å². The van der Waals surface area contributed by atoms with Crippen molar-refractivity contribution in [3.05, 3.63) is 53.1 Å². The van der Waals surface area contributed by atoms with Crippen molar-refractivity contribution in [2.24, 2.45) is 0 Å². The highest BCUT2D eigenvalue weighted by atomic mass is 16.6. The molecule has 1 aromatic carbocycles. The van der Waals surface area contributed by atoms with Crippen LogP contribution in [0, 0.1) is 0 Å². The average molecular weight is 383 g/mol. The number of alkyl carbamates (subject to hydrolysis) is 1. The smallest absolute Gasteiger partial charge is 0.407 e. The van der Waals surface area contributed by atoms with E-state index in [2.05, 4.69) is 29.6 Å². The topological polar surface area (TPSA) is 73.9 Å². The molecule has 0 spiro atoms. The van der Waals surface area contributed by atoms with Crippen LogP contribution in [0.2, 0.25) is 0 Å². The van der Waals surface area contributed by atoms with Gasteiger partial charge in [0.2, 0.25) is 0 Å². The molecule has 1 aromatic rings. The molecule has 1 N–H and O–H groups in total. The highest BCUT2D eigenvalue weighted by Crippen LogP contribution is 2.46. The van der Waals surface area contributed by atoms with Crippen LogP contribution in [0.3, 0.4) is 0 Å². The molecule has 2 unspecified atom stereocenters. The van der Waals surface area contributed by atoms with Crippen molar-refractivity contribution in [3.8, 4) is 0 Å². The number of esters is 1. The SMILES string of the molecule is COC(=O)C(COC1CC1)NC(=O)OCC1C2=C(CCC=C2)c2ccccc21. The van der Waals surface area contributed by atoms with E-state index in [1.807, 2.05) is 12.1 Å². The summed E-state index contributed by atoms with van der Waals surface area (Å²) in [6.07, 6.45) is 7.88. The van der Waals surface area contributed by atoms with E-state index >= 15 is 0 Å². The number of amides is 1. The van der Waals surface area contributed by atoms with Crippen LogP contribution < -0.4 is 5.32 Å². The van der Waals surface area contributed by atoms with Crippen molar-refractivity contribution in [3.63, 3.8) is 0 Å². The van der Waals surface area contributed by atoms with Crippen molar-refractivity contribution in [1.82, 2.24) is 5.32 Å². The molecule has 28 heavy (non-hydrogen) atoms. The summed E-state index contributed by atoms with van der Waals surface area (Å²) in [5, 5.41) is 2.58. The Bertz CT molecular complexity index is 824. The van der Waals surface area contributed by atoms with Gasteiger partial charge < -0.3 is 19.5 Å². The highest BCUT2D eigenvalue weighted by molar-refractivity contribution is 5.83. The summed E-state index contributed by atoms with van der Waals surface area (Å²) < 4.78 is 15.8. The van der Waals surface area contributed by atoms with Crippen LogP contribution in [0.15, 0.2) is 42.0 Å². The standard InChI is InChI=1S/C22H25NO5/c1-26-21(24)20(13-27-14-10-11-14)23-22(25)28-12-19-17-8-4-2-6-15(17)16-7-3-5-9-18(16)19/h2,4-6,8-9,14,19-20H,3,7,10-13H2,1H3,(H,23,25). The van der Waals surface area contributed by atoms with Gasteiger partial charge in [-0.25, -0.2) is 9.59 Å². The number of hydrogen-bond donors (Lipinski definition) is 1. The number of hydrogen-bond acceptors (Lipinski definition) is 5. The third kappa shape index (κ3) is 3.97. The van der Waals surface area contributed by atoms with E-state index in [-0.39, 0.29) is 25.2 Å². The lowest BCUT2D eigenvalue weighted by Crippen LogP contribution is -2.45. The zero-order valence-electron chi connectivity index (χ0n) is 16.0. The van der Waals surface area contributed by atoms with Gasteiger partial charge in [0.25, 0.3) is 0 Å². The van der Waals surface area contributed by atoms with Gasteiger partial charge in [-0.3, -0.25) is 0 Å². The zero-order valence-corrected chi connectivity index (χ0v) is 16.0. The summed E-state index contributed by atoms with van der Waals surface area (Å²) in [6.45, 7) is 0.320. The highest BCUT2D eigenvalue weighted by Gasteiger charge is 2.32. The molecule has 1 fully saturated rings. The van der Waals surface area contributed by atoms with Crippen LogP contribution in [-0.4, -0.2) is 44.5 Å². The lowest BCUT2D eigenvalue weighted by Gasteiger charge is -2.19. The first-order valence-electron chi connectivity index (χ1n) is 9.79. The number of methoxy groups -OCH3 is 1. The molecule has 3 aliphatic rings. The molecule has 0 aromatic heterocycles. The van der Waals surface area contributed by atoms with E-state index in [0.717, 1.165) is 25.7 Å². The van der Waals surface area contributed by atoms with Crippen LogP contribution in [0.4, 0.5) is 4.79 Å². The van der Waals surface area contributed by atoms with Crippen molar-refractivity contribution in [2.75, 3.05) is 20.3 Å². The van der Waals surface area contributed by atoms with Crippen molar-refractivity contribution in [1.29, 1.82) is 0 Å². The second-order valence-electron chi connectivity index (χ2n) is 7.37. The summed E-state index contributed by atoms with van der Waals surface area (Å²) >= 11 is 0. The van der Waals surface area contributed by atoms with Gasteiger partial charge in [0.15, 0.2) is 6.04 Å². The predicted octanol–water partition coefficient (Wildman–Crippen LogP) is 3.33. The maximum Gasteiger partial charge on any atom is 0.407 e. The molecule has 148 valence electrons. The van der Waals surface area contributed by atoms with Crippen LogP contribution in [0.25, 0.3) is 5.57 Å². The van der Waals surface area contributed by atoms with Gasteiger partial charge in [0, 0.05) is 5.92 Å². The molecule has 0 radical (unpaired) electrons. The lowest BCUT2D eigenvalue weighted by atomic mass is 9.93. The Hall–Kier alpha value is -2.60. The van der Waals surface area contributed by atoms with Crippen molar-refractivity contribution >= 4 is 17.6 Å². The fourth-order valence-electron chi connectivity index (χ4n) is 3.84. The van der Waals surface area contributed by atoms with Gasteiger partial charge in [0.05, 0.1) is 19.8 Å². The molecular weight excluding hydrogens is 358 g/mol. The molecule has 0 bridgehead atoms. The van der Waals surface area contributed by atoms with E-state index in [0.29, 0.717) is 0 Å². The van der Waals surface area contributed by atoms with E-state index in [9.17, 15) is 9.59 Å². The molecule has 1 saturated carbocycles. The van der Waals surface area contributed by atoms with Gasteiger partial charge in [-0.15, -0.1) is 0 Å². The Morgan fingerprint density at radius 1 is 1.25 bits per heavy atom. The maximum absolute atomic E-state index is 12.3. The average Bonchev–Trinajstić information content (AvgIpc) is 3.50. The predicted molar refractivity (Wildman–Crippen MR) is 104 cm³/mol. The molecule has 1 amide bonds. The van der Waals surface area contributed by atoms with E-state index < -0.39 is 18.1 Å². The van der Waals surface area contributed by atoms with E-state index in [4.69, 9.17) is 14.2 Å². The van der Waals surface area contributed by atoms with Gasteiger partial charge in [0.1, 0.15) is 6.61 Å². The summed E-state index contributed by atoms with van der Waals surface area (Å²) in [7, 11) is 1.29. The molecule has 6 nitrogen and oxygen atoms in total. The number of carbonyl (C=O) groups excluding carboxylic acids is 2. The normalized spacial score (nSPS) is 21.0. The van der Waals surface area contributed by atoms with Crippen LogP contribution >= 0.6 is 0 Å². The third-order valence-corrected chi connectivity index (χ3v) is 5.43. The van der Waals surface area contributed by atoms with Crippen LogP contribution in [0.1, 0.15) is 42.7 Å². The Kier molecular flexibility index (Phi) is 5.48. The first-order valence-corrected chi connectivity index (χ1v) is 9.79. The van der Waals surface area contributed by atoms with Gasteiger partial charge in [-0.05, 0) is 48.0 Å². The number of allylic oxidation sites excluding steroid dienone is 3. The van der Waals surface area contributed by atoms with Crippen LogP contribution in [-0.2, 0) is 19.0 Å². The summed E-state index contributed by atoms with van der Waals surface area (Å²) in [4.78, 5) is 24.2. The largest absolute Gasteiger partial charge is 0.467 e. The van der Waals surface area contributed by atoms with E-state index in [1.54, 1.807) is 0 Å². The lowest BCUT2D eigenvalue weighted by molar-refractivity contribution is -0.144. The van der Waals surface area contributed by atoms with Crippen molar-refractivity contribution < 1.29 is 23.8 Å². The summed E-state index contributed by atoms with van der Waals surface area (Å²) in [5.74, 6) is -0.517. The van der Waals surface area contributed by atoms with Crippen molar-refractivity contribution in [2.45, 2.75) is 43.7 Å². The molecule has 6 heteroatoms. The molecule has 4 rings (SSSR count). The quantitative estimate of drug-likeness (QED) is 0.731. The number of nitrogens with one attached hydrogen (secondary N) is 1. The molecule has 0 aliphatic heterocycles. The number of ether oxygens (including phenoxy) is 3. The number of carbonyl (C=O) groups is 2. The summed E-state index contributed by atoms with van der Waals surface area (Å²) in [5.41, 5.74) is 5.01. The first-order chi connectivity index (χ1) is 13.7. The first kappa shape index (κ1) is 18.7. The molecule has 0 saturated heterocycles. The third-order valence-electron chi connectivity index (χ3n) is 5.43. The van der Waals surface area contributed by atoms with Gasteiger partial charge >= 0.3 is 12.1 Å². The molecule has 3 aliphatic carbocycles. The van der Waals surface area contributed by atoms with E-state index in [1.165, 1.54) is 29.4 Å². The minimum Gasteiger partial charge on any atom is -0.467 e. The Balaban J connectivity index is 1.39. The van der Waals surface area contributed by atoms with Gasteiger partial charge in [-0.2, -0.15) is 0 Å². The maximum atomic E-state index is 12.3. The van der Waals surface area contributed by atoms with Crippen LogP contribution in [0.5, 0.6) is 0 Å². The zero-order chi connectivity index (χ0) is 19.5.